The zero-order valence-corrected chi connectivity index (χ0v) is 14.1. The van der Waals surface area contributed by atoms with Crippen LogP contribution in [-0.2, 0) is 6.54 Å². The lowest BCUT2D eigenvalue weighted by Gasteiger charge is -2.02. The molecule has 0 radical (unpaired) electrons. The van der Waals surface area contributed by atoms with Gasteiger partial charge in [-0.15, -0.1) is 5.10 Å². The zero-order chi connectivity index (χ0) is 16.8. The summed E-state index contributed by atoms with van der Waals surface area (Å²) in [6.07, 6.45) is 3.35. The van der Waals surface area contributed by atoms with Gasteiger partial charge in [0.2, 0.25) is 5.16 Å². The van der Waals surface area contributed by atoms with Gasteiger partial charge in [-0.1, -0.05) is 42.1 Å². The number of carbonyl (C=O) groups excluding carboxylic acids is 1. The van der Waals surface area contributed by atoms with E-state index in [1.807, 2.05) is 37.3 Å². The number of nitrogens with zero attached hydrogens (tertiary/aromatic N) is 4. The number of hydrogen-bond donors (Lipinski definition) is 2. The smallest absolute Gasteiger partial charge is 0.254 e. The maximum atomic E-state index is 12.1. The Kier molecular flexibility index (Phi) is 5.27. The monoisotopic (exact) mass is 342 g/mol. The van der Waals surface area contributed by atoms with Crippen molar-refractivity contribution in [3.63, 3.8) is 0 Å². The molecule has 24 heavy (non-hydrogen) atoms. The van der Waals surface area contributed by atoms with Crippen LogP contribution in [0.2, 0.25) is 0 Å². The molecule has 0 aliphatic carbocycles. The second kappa shape index (κ2) is 7.78. The summed E-state index contributed by atoms with van der Waals surface area (Å²) in [5.74, 6) is 1.37. The van der Waals surface area contributed by atoms with Crippen molar-refractivity contribution in [2.75, 3.05) is 12.3 Å². The second-order valence-electron chi connectivity index (χ2n) is 5.22. The molecule has 0 atom stereocenters. The van der Waals surface area contributed by atoms with Gasteiger partial charge in [0.05, 0.1) is 18.3 Å². The van der Waals surface area contributed by atoms with Gasteiger partial charge in [-0.2, -0.15) is 5.10 Å². The highest BCUT2D eigenvalue weighted by atomic mass is 32.2. The van der Waals surface area contributed by atoms with E-state index in [2.05, 4.69) is 25.6 Å². The molecule has 0 fully saturated rings. The molecule has 2 N–H and O–H groups in total. The highest BCUT2D eigenvalue weighted by Gasteiger charge is 2.08. The van der Waals surface area contributed by atoms with Gasteiger partial charge in [0.25, 0.3) is 5.91 Å². The van der Waals surface area contributed by atoms with Crippen LogP contribution in [0.5, 0.6) is 0 Å². The number of nitrogens with one attached hydrogen (secondary N) is 2. The Morgan fingerprint density at radius 3 is 2.92 bits per heavy atom. The predicted molar refractivity (Wildman–Crippen MR) is 91.9 cm³/mol. The molecule has 7 nitrogen and oxygen atoms in total. The van der Waals surface area contributed by atoms with Crippen molar-refractivity contribution in [1.29, 1.82) is 0 Å². The first-order valence-electron chi connectivity index (χ1n) is 7.57. The van der Waals surface area contributed by atoms with E-state index < -0.39 is 0 Å². The number of thioether (sulfide) groups is 1. The van der Waals surface area contributed by atoms with Crippen molar-refractivity contribution >= 4 is 17.7 Å². The Bertz CT molecular complexity index is 798. The molecule has 0 bridgehead atoms. The van der Waals surface area contributed by atoms with Crippen LogP contribution >= 0.6 is 11.8 Å². The molecule has 0 saturated heterocycles. The number of aromatic amines is 1. The summed E-state index contributed by atoms with van der Waals surface area (Å²) in [4.78, 5) is 16.3. The number of hydrogen-bond acceptors (Lipinski definition) is 5. The van der Waals surface area contributed by atoms with Gasteiger partial charge in [0.15, 0.2) is 0 Å². The van der Waals surface area contributed by atoms with Crippen LogP contribution in [0, 0.1) is 6.92 Å². The van der Waals surface area contributed by atoms with Crippen LogP contribution in [0.25, 0.3) is 0 Å². The molecule has 1 amide bonds. The molecular formula is C16H18N6OS. The van der Waals surface area contributed by atoms with E-state index in [-0.39, 0.29) is 5.91 Å². The maximum Gasteiger partial charge on any atom is 0.254 e. The quantitative estimate of drug-likeness (QED) is 0.505. The minimum Gasteiger partial charge on any atom is -0.351 e. The highest BCUT2D eigenvalue weighted by molar-refractivity contribution is 7.99. The molecule has 0 aliphatic rings. The van der Waals surface area contributed by atoms with Crippen molar-refractivity contribution < 1.29 is 4.79 Å². The van der Waals surface area contributed by atoms with E-state index in [0.29, 0.717) is 29.6 Å². The summed E-state index contributed by atoms with van der Waals surface area (Å²) in [5.41, 5.74) is 1.70. The summed E-state index contributed by atoms with van der Waals surface area (Å²) < 4.78 is 1.76. The molecule has 124 valence electrons. The Morgan fingerprint density at radius 1 is 1.33 bits per heavy atom. The van der Waals surface area contributed by atoms with Crippen LogP contribution in [0.4, 0.5) is 0 Å². The lowest BCUT2D eigenvalue weighted by atomic mass is 10.2. The van der Waals surface area contributed by atoms with Crippen LogP contribution in [0.1, 0.15) is 21.7 Å². The van der Waals surface area contributed by atoms with Crippen molar-refractivity contribution in [1.82, 2.24) is 30.3 Å². The second-order valence-corrected chi connectivity index (χ2v) is 6.28. The number of amides is 1. The molecule has 1 aromatic carbocycles. The molecule has 3 aromatic rings. The fraction of sp³-hybridized carbons (Fsp3) is 0.250. The van der Waals surface area contributed by atoms with Crippen LogP contribution in [0.15, 0.2) is 47.9 Å². The fourth-order valence-electron chi connectivity index (χ4n) is 2.13. The molecule has 2 heterocycles. The summed E-state index contributed by atoms with van der Waals surface area (Å²) in [6, 6.07) is 10.0. The number of rotatable bonds is 7. The van der Waals surface area contributed by atoms with E-state index in [4.69, 9.17) is 0 Å². The van der Waals surface area contributed by atoms with Gasteiger partial charge in [-0.3, -0.25) is 14.6 Å². The summed E-state index contributed by atoms with van der Waals surface area (Å²) in [5, 5.41) is 14.6. The Morgan fingerprint density at radius 2 is 2.17 bits per heavy atom. The average Bonchev–Trinajstić information content (AvgIpc) is 3.21. The SMILES string of the molecule is Cc1nc(SCCNC(=O)c2cnn(Cc3ccccc3)c2)n[nH]1. The molecule has 8 heteroatoms. The first kappa shape index (κ1) is 16.3. The number of carbonyl (C=O) groups is 1. The first-order valence-corrected chi connectivity index (χ1v) is 8.55. The van der Waals surface area contributed by atoms with E-state index in [0.717, 1.165) is 11.4 Å². The van der Waals surface area contributed by atoms with Gasteiger partial charge in [-0.05, 0) is 12.5 Å². The third-order valence-corrected chi connectivity index (χ3v) is 4.13. The molecule has 0 aliphatic heterocycles. The fourth-order valence-corrected chi connectivity index (χ4v) is 2.83. The minimum atomic E-state index is -0.124. The summed E-state index contributed by atoms with van der Waals surface area (Å²) in [7, 11) is 0. The van der Waals surface area contributed by atoms with E-state index >= 15 is 0 Å². The van der Waals surface area contributed by atoms with Crippen molar-refractivity contribution in [2.45, 2.75) is 18.6 Å². The average molecular weight is 342 g/mol. The normalized spacial score (nSPS) is 10.7. The number of aromatic nitrogens is 5. The largest absolute Gasteiger partial charge is 0.351 e. The van der Waals surface area contributed by atoms with Crippen LogP contribution in [-0.4, -0.2) is 43.2 Å². The van der Waals surface area contributed by atoms with Crippen molar-refractivity contribution in [3.8, 4) is 0 Å². The highest BCUT2D eigenvalue weighted by Crippen LogP contribution is 2.10. The van der Waals surface area contributed by atoms with Crippen LogP contribution < -0.4 is 5.32 Å². The van der Waals surface area contributed by atoms with Crippen molar-refractivity contribution in [3.05, 3.63) is 59.7 Å². The molecule has 0 unspecified atom stereocenters. The summed E-state index contributed by atoms with van der Waals surface area (Å²) >= 11 is 1.50. The van der Waals surface area contributed by atoms with E-state index in [9.17, 15) is 4.79 Å². The number of aryl methyl sites for hydroxylation is 1. The minimum absolute atomic E-state index is 0.124. The van der Waals surface area contributed by atoms with Gasteiger partial charge in [-0.25, -0.2) is 4.98 Å². The third-order valence-electron chi connectivity index (χ3n) is 3.28. The van der Waals surface area contributed by atoms with E-state index in [1.165, 1.54) is 11.8 Å². The zero-order valence-electron chi connectivity index (χ0n) is 13.3. The molecule has 3 rings (SSSR count). The maximum absolute atomic E-state index is 12.1. The summed E-state index contributed by atoms with van der Waals surface area (Å²) in [6.45, 7) is 3.04. The standard InChI is InChI=1S/C16H18N6OS/c1-12-19-16(21-20-12)24-8-7-17-15(23)14-9-18-22(11-14)10-13-5-3-2-4-6-13/h2-6,9,11H,7-8,10H2,1H3,(H,17,23)(H,19,20,21). The predicted octanol–water partition coefficient (Wildman–Crippen LogP) is 1.88. The van der Waals surface area contributed by atoms with Gasteiger partial charge < -0.3 is 5.32 Å². The molecule has 2 aromatic heterocycles. The molecule has 0 saturated carbocycles. The van der Waals surface area contributed by atoms with Gasteiger partial charge in [0, 0.05) is 18.5 Å². The van der Waals surface area contributed by atoms with Gasteiger partial charge >= 0.3 is 0 Å². The Balaban J connectivity index is 1.45. The van der Waals surface area contributed by atoms with E-state index in [1.54, 1.807) is 17.1 Å². The Labute approximate surface area is 143 Å². The lowest BCUT2D eigenvalue weighted by Crippen LogP contribution is -2.25. The van der Waals surface area contributed by atoms with Crippen molar-refractivity contribution in [2.24, 2.45) is 0 Å². The Hall–Kier alpha value is -2.61. The first-order chi connectivity index (χ1) is 11.7. The lowest BCUT2D eigenvalue weighted by molar-refractivity contribution is 0.0956. The topological polar surface area (TPSA) is 88.5 Å². The number of H-pyrrole nitrogens is 1. The molecular weight excluding hydrogens is 324 g/mol. The number of benzene rings is 1. The molecule has 0 spiro atoms. The third kappa shape index (κ3) is 4.45. The van der Waals surface area contributed by atoms with Crippen LogP contribution in [0.3, 0.4) is 0 Å². The van der Waals surface area contributed by atoms with Gasteiger partial charge in [0.1, 0.15) is 5.82 Å².